The third kappa shape index (κ3) is 2.79. The Morgan fingerprint density at radius 1 is 1.50 bits per heavy atom. The van der Waals surface area contributed by atoms with E-state index in [1.54, 1.807) is 25.1 Å². The molecular weight excluding hydrogens is 210 g/mol. The highest BCUT2D eigenvalue weighted by molar-refractivity contribution is 5.70. The lowest BCUT2D eigenvalue weighted by Gasteiger charge is -2.09. The topological polar surface area (TPSA) is 80.4 Å². The molecule has 0 aliphatic rings. The van der Waals surface area contributed by atoms with Gasteiger partial charge in [-0.15, -0.1) is 0 Å². The quantitative estimate of drug-likeness (QED) is 0.613. The molecule has 0 amide bonds. The first-order valence-electron chi connectivity index (χ1n) is 5.01. The van der Waals surface area contributed by atoms with Crippen molar-refractivity contribution in [1.29, 1.82) is 0 Å². The maximum atomic E-state index is 10.8. The number of nitrogens with zero attached hydrogens (tertiary/aromatic N) is 1. The molecule has 1 aromatic carbocycles. The first kappa shape index (κ1) is 12.2. The molecule has 5 nitrogen and oxygen atoms in total. The number of benzene rings is 1. The van der Waals surface area contributed by atoms with Crippen LogP contribution in [0.15, 0.2) is 24.3 Å². The largest absolute Gasteiger partial charge is 0.481 e. The number of nitro benzene ring substituents is 1. The van der Waals surface area contributed by atoms with Crippen molar-refractivity contribution in [1.82, 2.24) is 0 Å². The van der Waals surface area contributed by atoms with E-state index in [1.807, 2.05) is 0 Å². The van der Waals surface area contributed by atoms with Crippen LogP contribution in [-0.2, 0) is 11.2 Å². The monoisotopic (exact) mass is 223 g/mol. The van der Waals surface area contributed by atoms with Crippen LogP contribution < -0.4 is 0 Å². The third-order valence-corrected chi connectivity index (χ3v) is 2.50. The van der Waals surface area contributed by atoms with E-state index in [1.165, 1.54) is 6.07 Å². The summed E-state index contributed by atoms with van der Waals surface area (Å²) in [6.45, 7) is 1.76. The van der Waals surface area contributed by atoms with Crippen LogP contribution in [0.2, 0.25) is 0 Å². The molecule has 1 aromatic rings. The summed E-state index contributed by atoms with van der Waals surface area (Å²) >= 11 is 0. The van der Waals surface area contributed by atoms with Crippen LogP contribution in [0.4, 0.5) is 5.69 Å². The Labute approximate surface area is 92.9 Å². The molecule has 16 heavy (non-hydrogen) atoms. The molecule has 0 radical (unpaired) electrons. The van der Waals surface area contributed by atoms with E-state index in [-0.39, 0.29) is 12.1 Å². The number of carbonyl (C=O) groups is 1. The fourth-order valence-electron chi connectivity index (χ4n) is 1.53. The average molecular weight is 223 g/mol. The van der Waals surface area contributed by atoms with E-state index in [0.717, 1.165) is 0 Å². The molecule has 0 aromatic heterocycles. The molecular formula is C11H13NO4. The zero-order valence-electron chi connectivity index (χ0n) is 8.92. The van der Waals surface area contributed by atoms with Gasteiger partial charge in [0.2, 0.25) is 0 Å². The lowest BCUT2D eigenvalue weighted by molar-refractivity contribution is -0.385. The van der Waals surface area contributed by atoms with Crippen LogP contribution in [0.3, 0.4) is 0 Å². The third-order valence-electron chi connectivity index (χ3n) is 2.50. The molecule has 0 saturated heterocycles. The molecule has 0 saturated carbocycles. The van der Waals surface area contributed by atoms with Gasteiger partial charge >= 0.3 is 5.97 Å². The molecule has 5 heteroatoms. The van der Waals surface area contributed by atoms with E-state index >= 15 is 0 Å². The van der Waals surface area contributed by atoms with E-state index in [9.17, 15) is 14.9 Å². The van der Waals surface area contributed by atoms with Crippen LogP contribution in [0.25, 0.3) is 0 Å². The Balaban J connectivity index is 2.95. The zero-order valence-corrected chi connectivity index (χ0v) is 8.92. The number of carboxylic acids is 1. The fraction of sp³-hybridized carbons (Fsp3) is 0.364. The molecule has 1 rings (SSSR count). The van der Waals surface area contributed by atoms with E-state index in [0.29, 0.717) is 12.0 Å². The molecule has 1 N–H and O–H groups in total. The summed E-state index contributed by atoms with van der Waals surface area (Å²) in [5, 5.41) is 19.6. The minimum Gasteiger partial charge on any atom is -0.481 e. The highest BCUT2D eigenvalue weighted by atomic mass is 16.6. The highest BCUT2D eigenvalue weighted by Gasteiger charge is 2.20. The lowest BCUT2D eigenvalue weighted by atomic mass is 9.96. The van der Waals surface area contributed by atoms with Crippen LogP contribution in [0.1, 0.15) is 18.9 Å². The Morgan fingerprint density at radius 3 is 2.62 bits per heavy atom. The van der Waals surface area contributed by atoms with Crippen LogP contribution in [0, 0.1) is 16.0 Å². The van der Waals surface area contributed by atoms with Gasteiger partial charge in [-0.2, -0.15) is 0 Å². The summed E-state index contributed by atoms with van der Waals surface area (Å²) < 4.78 is 0. The first-order valence-corrected chi connectivity index (χ1v) is 5.01. The van der Waals surface area contributed by atoms with Crippen molar-refractivity contribution in [2.24, 2.45) is 5.92 Å². The lowest BCUT2D eigenvalue weighted by Crippen LogP contribution is -2.16. The Hall–Kier alpha value is -1.91. The average Bonchev–Trinajstić information content (AvgIpc) is 2.25. The molecule has 0 fully saturated rings. The summed E-state index contributed by atoms with van der Waals surface area (Å²) in [6.07, 6.45) is 0.657. The van der Waals surface area contributed by atoms with Crippen molar-refractivity contribution >= 4 is 11.7 Å². The second kappa shape index (κ2) is 5.25. The predicted molar refractivity (Wildman–Crippen MR) is 58.2 cm³/mol. The second-order valence-electron chi connectivity index (χ2n) is 3.53. The predicted octanol–water partition coefficient (Wildman–Crippen LogP) is 2.25. The van der Waals surface area contributed by atoms with Crippen LogP contribution in [-0.4, -0.2) is 16.0 Å². The van der Waals surface area contributed by atoms with Crippen LogP contribution >= 0.6 is 0 Å². The van der Waals surface area contributed by atoms with Gasteiger partial charge in [0.15, 0.2) is 0 Å². The van der Waals surface area contributed by atoms with E-state index in [2.05, 4.69) is 0 Å². The van der Waals surface area contributed by atoms with E-state index < -0.39 is 16.8 Å². The number of aliphatic carboxylic acids is 1. The molecule has 1 atom stereocenters. The first-order chi connectivity index (χ1) is 7.56. The Kier molecular flexibility index (Phi) is 3.99. The summed E-state index contributed by atoms with van der Waals surface area (Å²) in [4.78, 5) is 21.1. The molecule has 0 spiro atoms. The van der Waals surface area contributed by atoms with Crippen molar-refractivity contribution < 1.29 is 14.8 Å². The van der Waals surface area contributed by atoms with Crippen molar-refractivity contribution in [2.75, 3.05) is 0 Å². The van der Waals surface area contributed by atoms with Gasteiger partial charge in [-0.25, -0.2) is 0 Å². The molecule has 0 aliphatic carbocycles. The summed E-state index contributed by atoms with van der Waals surface area (Å²) in [5.41, 5.74) is 0.462. The minimum atomic E-state index is -0.916. The Bertz CT molecular complexity index is 403. The fourth-order valence-corrected chi connectivity index (χ4v) is 1.53. The maximum Gasteiger partial charge on any atom is 0.306 e. The van der Waals surface area contributed by atoms with E-state index in [4.69, 9.17) is 5.11 Å². The number of carboxylic acid groups (broad SMARTS) is 1. The van der Waals surface area contributed by atoms with Gasteiger partial charge in [-0.1, -0.05) is 25.1 Å². The zero-order chi connectivity index (χ0) is 12.1. The van der Waals surface area contributed by atoms with Crippen LogP contribution in [0.5, 0.6) is 0 Å². The highest BCUT2D eigenvalue weighted by Crippen LogP contribution is 2.22. The molecule has 0 bridgehead atoms. The van der Waals surface area contributed by atoms with Gasteiger partial charge in [0.05, 0.1) is 10.8 Å². The number of rotatable bonds is 5. The van der Waals surface area contributed by atoms with Crippen molar-refractivity contribution in [3.05, 3.63) is 39.9 Å². The van der Waals surface area contributed by atoms with Gasteiger partial charge in [0, 0.05) is 11.6 Å². The summed E-state index contributed by atoms with van der Waals surface area (Å²) in [7, 11) is 0. The normalized spacial score (nSPS) is 12.1. The number of para-hydroxylation sites is 1. The molecule has 0 heterocycles. The number of nitro groups is 1. The van der Waals surface area contributed by atoms with Gasteiger partial charge in [-0.3, -0.25) is 14.9 Å². The smallest absolute Gasteiger partial charge is 0.306 e. The minimum absolute atomic E-state index is 0.0119. The summed E-state index contributed by atoms with van der Waals surface area (Å²) in [5.74, 6) is -1.48. The van der Waals surface area contributed by atoms with Crippen molar-refractivity contribution in [3.8, 4) is 0 Å². The number of hydrogen-bond donors (Lipinski definition) is 1. The molecule has 1 unspecified atom stereocenters. The molecule has 86 valence electrons. The van der Waals surface area contributed by atoms with Crippen molar-refractivity contribution in [3.63, 3.8) is 0 Å². The van der Waals surface area contributed by atoms with Gasteiger partial charge in [0.1, 0.15) is 0 Å². The number of hydrogen-bond acceptors (Lipinski definition) is 3. The Morgan fingerprint density at radius 2 is 2.12 bits per heavy atom. The standard InChI is InChI=1S/C11H13NO4/c1-2-8(11(13)14)7-9-5-3-4-6-10(9)12(15)16/h3-6,8H,2,7H2,1H3,(H,13,14). The summed E-state index contributed by atoms with van der Waals surface area (Å²) in [6, 6.07) is 6.24. The van der Waals surface area contributed by atoms with Gasteiger partial charge < -0.3 is 5.11 Å². The maximum absolute atomic E-state index is 10.8. The van der Waals surface area contributed by atoms with Gasteiger partial charge in [-0.05, 0) is 12.8 Å². The second-order valence-corrected chi connectivity index (χ2v) is 3.53. The molecule has 0 aliphatic heterocycles. The van der Waals surface area contributed by atoms with Crippen molar-refractivity contribution in [2.45, 2.75) is 19.8 Å². The van der Waals surface area contributed by atoms with Gasteiger partial charge in [0.25, 0.3) is 5.69 Å². The SMILES string of the molecule is CCC(Cc1ccccc1[N+](=O)[O-])C(=O)O.